The minimum atomic E-state index is -0.0884. The molecule has 0 aliphatic rings. The van der Waals surface area contributed by atoms with Crippen LogP contribution in [-0.2, 0) is 0 Å². The summed E-state index contributed by atoms with van der Waals surface area (Å²) in [7, 11) is 3.18. The molecule has 5 heteroatoms. The summed E-state index contributed by atoms with van der Waals surface area (Å²) in [5.74, 6) is 1.10. The molecule has 4 aromatic rings. The smallest absolute Gasteiger partial charge is 0.196 e. The van der Waals surface area contributed by atoms with Gasteiger partial charge in [-0.15, -0.1) is 11.3 Å². The second kappa shape index (κ2) is 8.29. The SMILES string of the molecule is COc1cccc(/C=C(/C(=O)c2ccccc2)c2nc3ccccc3s2)c1OC. The zero-order valence-electron chi connectivity index (χ0n) is 16.1. The highest BCUT2D eigenvalue weighted by molar-refractivity contribution is 7.20. The van der Waals surface area contributed by atoms with Gasteiger partial charge in [0.25, 0.3) is 0 Å². The van der Waals surface area contributed by atoms with Crippen molar-refractivity contribution in [1.29, 1.82) is 0 Å². The number of carbonyl (C=O) groups excluding carboxylic acids is 1. The van der Waals surface area contributed by atoms with Gasteiger partial charge < -0.3 is 9.47 Å². The van der Waals surface area contributed by atoms with E-state index in [2.05, 4.69) is 0 Å². The molecule has 144 valence electrons. The average molecular weight is 401 g/mol. The molecule has 0 saturated carbocycles. The monoisotopic (exact) mass is 401 g/mol. The van der Waals surface area contributed by atoms with Gasteiger partial charge in [0.1, 0.15) is 5.01 Å². The van der Waals surface area contributed by atoms with E-state index in [1.807, 2.05) is 78.9 Å². The molecule has 3 aromatic carbocycles. The third-order valence-corrected chi connectivity index (χ3v) is 5.61. The van der Waals surface area contributed by atoms with Gasteiger partial charge in [-0.3, -0.25) is 4.79 Å². The molecule has 29 heavy (non-hydrogen) atoms. The largest absolute Gasteiger partial charge is 0.493 e. The number of rotatable bonds is 6. The summed E-state index contributed by atoms with van der Waals surface area (Å²) in [6.07, 6.45) is 1.83. The molecule has 0 unspecified atom stereocenters. The lowest BCUT2D eigenvalue weighted by Crippen LogP contribution is -2.03. The summed E-state index contributed by atoms with van der Waals surface area (Å²) in [4.78, 5) is 18.1. The number of methoxy groups -OCH3 is 2. The molecule has 4 nitrogen and oxygen atoms in total. The molecule has 1 heterocycles. The Morgan fingerprint density at radius 2 is 1.66 bits per heavy atom. The Morgan fingerprint density at radius 3 is 2.38 bits per heavy atom. The normalized spacial score (nSPS) is 11.4. The molecular weight excluding hydrogens is 382 g/mol. The number of hydrogen-bond acceptors (Lipinski definition) is 5. The summed E-state index contributed by atoms with van der Waals surface area (Å²) in [6, 6.07) is 22.7. The van der Waals surface area contributed by atoms with E-state index in [9.17, 15) is 4.79 Å². The number of nitrogens with zero attached hydrogens (tertiary/aromatic N) is 1. The first-order valence-corrected chi connectivity index (χ1v) is 9.91. The van der Waals surface area contributed by atoms with Crippen LogP contribution in [-0.4, -0.2) is 25.0 Å². The molecule has 0 bridgehead atoms. The highest BCUT2D eigenvalue weighted by atomic mass is 32.1. The van der Waals surface area contributed by atoms with E-state index in [0.717, 1.165) is 15.8 Å². The van der Waals surface area contributed by atoms with Crippen molar-refractivity contribution >= 4 is 39.0 Å². The second-order valence-electron chi connectivity index (χ2n) is 6.32. The summed E-state index contributed by atoms with van der Waals surface area (Å²) >= 11 is 1.50. The second-order valence-corrected chi connectivity index (χ2v) is 7.35. The van der Waals surface area contributed by atoms with Crippen molar-refractivity contribution in [3.8, 4) is 11.5 Å². The third kappa shape index (κ3) is 3.77. The highest BCUT2D eigenvalue weighted by Gasteiger charge is 2.20. The first-order valence-electron chi connectivity index (χ1n) is 9.09. The number of thiazole rings is 1. The van der Waals surface area contributed by atoms with E-state index < -0.39 is 0 Å². The Balaban J connectivity index is 1.91. The quantitative estimate of drug-likeness (QED) is 0.305. The van der Waals surface area contributed by atoms with Gasteiger partial charge in [-0.2, -0.15) is 0 Å². The summed E-state index contributed by atoms with van der Waals surface area (Å²) in [5, 5.41) is 0.671. The molecule has 0 amide bonds. The minimum Gasteiger partial charge on any atom is -0.493 e. The number of aromatic nitrogens is 1. The van der Waals surface area contributed by atoms with Crippen LogP contribution in [0, 0.1) is 0 Å². The lowest BCUT2D eigenvalue weighted by Gasteiger charge is -2.11. The number of carbonyl (C=O) groups is 1. The predicted molar refractivity (Wildman–Crippen MR) is 118 cm³/mol. The maximum Gasteiger partial charge on any atom is 0.196 e. The van der Waals surface area contributed by atoms with Crippen LogP contribution in [0.3, 0.4) is 0 Å². The van der Waals surface area contributed by atoms with Crippen molar-refractivity contribution in [3.05, 3.63) is 88.9 Å². The number of benzene rings is 3. The van der Waals surface area contributed by atoms with Crippen LogP contribution in [0.15, 0.2) is 72.8 Å². The number of para-hydroxylation sites is 2. The molecule has 0 spiro atoms. The minimum absolute atomic E-state index is 0.0884. The van der Waals surface area contributed by atoms with Crippen molar-refractivity contribution in [1.82, 2.24) is 4.98 Å². The van der Waals surface area contributed by atoms with Gasteiger partial charge in [-0.25, -0.2) is 4.98 Å². The fourth-order valence-electron chi connectivity index (χ4n) is 3.14. The fraction of sp³-hybridized carbons (Fsp3) is 0.0833. The van der Waals surface area contributed by atoms with Crippen LogP contribution >= 0.6 is 11.3 Å². The molecule has 0 radical (unpaired) electrons. The van der Waals surface area contributed by atoms with Crippen molar-refractivity contribution < 1.29 is 14.3 Å². The number of fused-ring (bicyclic) bond motifs is 1. The van der Waals surface area contributed by atoms with E-state index in [0.29, 0.717) is 27.6 Å². The molecule has 0 aliphatic carbocycles. The highest BCUT2D eigenvalue weighted by Crippen LogP contribution is 2.36. The topological polar surface area (TPSA) is 48.4 Å². The molecule has 0 N–H and O–H groups in total. The first kappa shape index (κ1) is 18.9. The molecule has 1 aromatic heterocycles. The average Bonchev–Trinajstić information content (AvgIpc) is 3.21. The maximum atomic E-state index is 13.4. The van der Waals surface area contributed by atoms with Gasteiger partial charge in [0.05, 0.1) is 30.0 Å². The van der Waals surface area contributed by atoms with Crippen molar-refractivity contribution in [2.24, 2.45) is 0 Å². The van der Waals surface area contributed by atoms with Crippen molar-refractivity contribution in [2.75, 3.05) is 14.2 Å². The van der Waals surface area contributed by atoms with Crippen LogP contribution in [0.1, 0.15) is 20.9 Å². The molecular formula is C24H19NO3S. The Bertz CT molecular complexity index is 1160. The van der Waals surface area contributed by atoms with Crippen molar-refractivity contribution in [2.45, 2.75) is 0 Å². The third-order valence-electron chi connectivity index (χ3n) is 4.54. The van der Waals surface area contributed by atoms with Gasteiger partial charge in [0.2, 0.25) is 0 Å². The molecule has 0 aliphatic heterocycles. The zero-order valence-corrected chi connectivity index (χ0v) is 16.9. The van der Waals surface area contributed by atoms with Gasteiger partial charge in [0, 0.05) is 11.1 Å². The van der Waals surface area contributed by atoms with E-state index in [4.69, 9.17) is 14.5 Å². The van der Waals surface area contributed by atoms with Crippen LogP contribution < -0.4 is 9.47 Å². The van der Waals surface area contributed by atoms with Crippen LogP contribution in [0.25, 0.3) is 21.9 Å². The van der Waals surface area contributed by atoms with Crippen LogP contribution in [0.2, 0.25) is 0 Å². The number of allylic oxidation sites excluding steroid dienone is 1. The number of Topliss-reactive ketones (excluding diaryl/α,β-unsaturated/α-hetero) is 1. The van der Waals surface area contributed by atoms with Gasteiger partial charge >= 0.3 is 0 Å². The summed E-state index contributed by atoms with van der Waals surface area (Å²) in [6.45, 7) is 0. The summed E-state index contributed by atoms with van der Waals surface area (Å²) < 4.78 is 12.0. The van der Waals surface area contributed by atoms with E-state index >= 15 is 0 Å². The standard InChI is InChI=1S/C24H19NO3S/c1-27-20-13-8-11-17(23(20)28-2)15-18(22(26)16-9-4-3-5-10-16)24-25-19-12-6-7-14-21(19)29-24/h3-15H,1-2H3/b18-15-. The van der Waals surface area contributed by atoms with Crippen LogP contribution in [0.4, 0.5) is 0 Å². The molecule has 0 saturated heterocycles. The van der Waals surface area contributed by atoms with Gasteiger partial charge in [-0.05, 0) is 24.3 Å². The van der Waals surface area contributed by atoms with E-state index in [-0.39, 0.29) is 5.78 Å². The Morgan fingerprint density at radius 1 is 0.897 bits per heavy atom. The first-order chi connectivity index (χ1) is 14.2. The fourth-order valence-corrected chi connectivity index (χ4v) is 4.12. The van der Waals surface area contributed by atoms with Gasteiger partial charge in [0.15, 0.2) is 17.3 Å². The molecule has 0 fully saturated rings. The molecule has 4 rings (SSSR count). The predicted octanol–water partition coefficient (Wildman–Crippen LogP) is 5.74. The Labute approximate surface area is 173 Å². The summed E-state index contributed by atoms with van der Waals surface area (Å²) in [5.41, 5.74) is 2.76. The maximum absolute atomic E-state index is 13.4. The Hall–Kier alpha value is -3.44. The number of hydrogen-bond donors (Lipinski definition) is 0. The van der Waals surface area contributed by atoms with E-state index in [1.165, 1.54) is 11.3 Å². The van der Waals surface area contributed by atoms with Crippen molar-refractivity contribution in [3.63, 3.8) is 0 Å². The van der Waals surface area contributed by atoms with E-state index in [1.54, 1.807) is 14.2 Å². The van der Waals surface area contributed by atoms with Gasteiger partial charge in [-0.1, -0.05) is 54.6 Å². The lowest BCUT2D eigenvalue weighted by molar-refractivity contribution is 0.105. The number of ketones is 1. The lowest BCUT2D eigenvalue weighted by atomic mass is 10.0. The zero-order chi connectivity index (χ0) is 20.2. The Kier molecular flexibility index (Phi) is 5.40. The van der Waals surface area contributed by atoms with Crippen LogP contribution in [0.5, 0.6) is 11.5 Å². The molecule has 0 atom stereocenters. The number of ether oxygens (including phenoxy) is 2.